The van der Waals surface area contributed by atoms with Gasteiger partial charge in [0.25, 0.3) is 5.91 Å². The first-order chi connectivity index (χ1) is 17.2. The van der Waals surface area contributed by atoms with E-state index in [4.69, 9.17) is 14.2 Å². The summed E-state index contributed by atoms with van der Waals surface area (Å²) >= 11 is 0. The Kier molecular flexibility index (Phi) is 6.21. The molecular formula is C29H32N2O4. The molecule has 182 valence electrons. The highest BCUT2D eigenvalue weighted by atomic mass is 16.7. The van der Waals surface area contributed by atoms with Crippen LogP contribution in [0.1, 0.15) is 35.2 Å². The van der Waals surface area contributed by atoms with Gasteiger partial charge in [-0.1, -0.05) is 36.4 Å². The van der Waals surface area contributed by atoms with Gasteiger partial charge in [-0.2, -0.15) is 0 Å². The Hall–Kier alpha value is -3.25. The minimum Gasteiger partial charge on any atom is -0.493 e. The van der Waals surface area contributed by atoms with Gasteiger partial charge in [0.05, 0.1) is 6.61 Å². The van der Waals surface area contributed by atoms with Crippen LogP contribution >= 0.6 is 0 Å². The zero-order chi connectivity index (χ0) is 23.6. The summed E-state index contributed by atoms with van der Waals surface area (Å²) in [6.07, 6.45) is 4.24. The van der Waals surface area contributed by atoms with Gasteiger partial charge < -0.3 is 24.0 Å². The Morgan fingerprint density at radius 1 is 1.00 bits per heavy atom. The second-order valence-electron chi connectivity index (χ2n) is 9.85. The zero-order valence-corrected chi connectivity index (χ0v) is 20.1. The molecule has 0 spiro atoms. The highest BCUT2D eigenvalue weighted by Gasteiger charge is 2.30. The van der Waals surface area contributed by atoms with E-state index < -0.39 is 0 Å². The van der Waals surface area contributed by atoms with Gasteiger partial charge in [0.15, 0.2) is 11.5 Å². The van der Waals surface area contributed by atoms with Gasteiger partial charge in [0.2, 0.25) is 6.79 Å². The van der Waals surface area contributed by atoms with Gasteiger partial charge in [-0.25, -0.2) is 0 Å². The lowest BCUT2D eigenvalue weighted by Gasteiger charge is -2.37. The molecule has 3 aromatic rings. The second-order valence-corrected chi connectivity index (χ2v) is 9.85. The number of nitrogens with zero attached hydrogens (tertiary/aromatic N) is 2. The fourth-order valence-electron chi connectivity index (χ4n) is 5.70. The van der Waals surface area contributed by atoms with Crippen LogP contribution < -0.4 is 14.2 Å². The molecule has 0 aromatic heterocycles. The van der Waals surface area contributed by atoms with E-state index in [-0.39, 0.29) is 12.7 Å². The largest absolute Gasteiger partial charge is 0.493 e. The molecule has 6 heteroatoms. The van der Waals surface area contributed by atoms with Gasteiger partial charge in [0.1, 0.15) is 5.75 Å². The lowest BCUT2D eigenvalue weighted by Crippen LogP contribution is -2.45. The molecule has 0 radical (unpaired) electrons. The standard InChI is InChI=1S/C29H32N2O4/c32-29-25-17-28-27(34-20-35-28)16-23(25)11-14-31(29)19-21-6-4-12-30(18-21)13-5-15-33-26-10-3-8-22-7-1-2-9-24(22)26/h1-3,7-10,16-17,21H,4-6,11-15,18-20H2. The van der Waals surface area contributed by atoms with Crippen LogP contribution in [-0.4, -0.2) is 61.8 Å². The molecular weight excluding hydrogens is 440 g/mol. The third kappa shape index (κ3) is 4.67. The van der Waals surface area contributed by atoms with E-state index in [1.54, 1.807) is 0 Å². The van der Waals surface area contributed by atoms with Crippen LogP contribution in [0.15, 0.2) is 54.6 Å². The summed E-state index contributed by atoms with van der Waals surface area (Å²) in [5, 5.41) is 2.38. The lowest BCUT2D eigenvalue weighted by molar-refractivity contribution is 0.0658. The fourth-order valence-corrected chi connectivity index (χ4v) is 5.70. The predicted molar refractivity (Wildman–Crippen MR) is 135 cm³/mol. The van der Waals surface area contributed by atoms with E-state index in [1.807, 2.05) is 17.0 Å². The summed E-state index contributed by atoms with van der Waals surface area (Å²) in [6, 6.07) is 18.4. The quantitative estimate of drug-likeness (QED) is 0.465. The molecule has 1 fully saturated rings. The molecule has 3 aliphatic rings. The van der Waals surface area contributed by atoms with E-state index in [2.05, 4.69) is 47.4 Å². The van der Waals surface area contributed by atoms with Crippen LogP contribution in [0.2, 0.25) is 0 Å². The van der Waals surface area contributed by atoms with Gasteiger partial charge in [0, 0.05) is 37.1 Å². The number of ether oxygens (including phenoxy) is 3. The Morgan fingerprint density at radius 2 is 1.86 bits per heavy atom. The maximum Gasteiger partial charge on any atom is 0.254 e. The van der Waals surface area contributed by atoms with Crippen molar-refractivity contribution in [3.05, 3.63) is 65.7 Å². The van der Waals surface area contributed by atoms with Crippen molar-refractivity contribution < 1.29 is 19.0 Å². The molecule has 0 aliphatic carbocycles. The molecule has 1 saturated heterocycles. The molecule has 1 unspecified atom stereocenters. The van der Waals surface area contributed by atoms with Gasteiger partial charge in [-0.3, -0.25) is 4.79 Å². The van der Waals surface area contributed by atoms with Gasteiger partial charge in [-0.15, -0.1) is 0 Å². The first-order valence-corrected chi connectivity index (χ1v) is 12.8. The van der Waals surface area contributed by atoms with Gasteiger partial charge >= 0.3 is 0 Å². The minimum atomic E-state index is 0.130. The van der Waals surface area contributed by atoms with E-state index in [0.29, 0.717) is 18.3 Å². The summed E-state index contributed by atoms with van der Waals surface area (Å²) in [7, 11) is 0. The smallest absolute Gasteiger partial charge is 0.254 e. The number of carbonyl (C=O) groups is 1. The van der Waals surface area contributed by atoms with E-state index in [9.17, 15) is 4.79 Å². The molecule has 1 atom stereocenters. The van der Waals surface area contributed by atoms with Crippen molar-refractivity contribution in [2.45, 2.75) is 25.7 Å². The minimum absolute atomic E-state index is 0.130. The van der Waals surface area contributed by atoms with Crippen LogP contribution in [0, 0.1) is 5.92 Å². The van der Waals surface area contributed by atoms with Crippen molar-refractivity contribution in [1.29, 1.82) is 0 Å². The van der Waals surface area contributed by atoms with Crippen molar-refractivity contribution in [1.82, 2.24) is 9.80 Å². The maximum absolute atomic E-state index is 13.2. The van der Waals surface area contributed by atoms with Crippen molar-refractivity contribution in [3.63, 3.8) is 0 Å². The number of benzene rings is 3. The predicted octanol–water partition coefficient (Wildman–Crippen LogP) is 4.75. The van der Waals surface area contributed by atoms with Crippen LogP contribution in [0.3, 0.4) is 0 Å². The summed E-state index contributed by atoms with van der Waals surface area (Å²) in [5.74, 6) is 3.06. The third-order valence-electron chi connectivity index (χ3n) is 7.47. The third-order valence-corrected chi connectivity index (χ3v) is 7.47. The van der Waals surface area contributed by atoms with E-state index in [0.717, 1.165) is 68.2 Å². The van der Waals surface area contributed by atoms with E-state index >= 15 is 0 Å². The summed E-state index contributed by atoms with van der Waals surface area (Å²) in [4.78, 5) is 17.8. The molecule has 6 rings (SSSR count). The van der Waals surface area contributed by atoms with Crippen molar-refractivity contribution in [2.75, 3.05) is 46.1 Å². The molecule has 3 aliphatic heterocycles. The summed E-state index contributed by atoms with van der Waals surface area (Å²) < 4.78 is 17.1. The average molecular weight is 473 g/mol. The molecule has 0 bridgehead atoms. The topological polar surface area (TPSA) is 51.2 Å². The molecule has 3 aromatic carbocycles. The molecule has 0 saturated carbocycles. The first-order valence-electron chi connectivity index (χ1n) is 12.8. The van der Waals surface area contributed by atoms with Crippen LogP contribution in [0.25, 0.3) is 10.8 Å². The van der Waals surface area contributed by atoms with Crippen molar-refractivity contribution in [3.8, 4) is 17.2 Å². The number of hydrogen-bond acceptors (Lipinski definition) is 5. The lowest BCUT2D eigenvalue weighted by atomic mass is 9.94. The highest BCUT2D eigenvalue weighted by Crippen LogP contribution is 2.37. The average Bonchev–Trinajstić information content (AvgIpc) is 3.35. The second kappa shape index (κ2) is 9.78. The normalized spacial score (nSPS) is 19.7. The zero-order valence-electron chi connectivity index (χ0n) is 20.1. The number of piperidine rings is 1. The van der Waals surface area contributed by atoms with Gasteiger partial charge in [-0.05, 0) is 67.3 Å². The number of likely N-dealkylation sites (tertiary alicyclic amines) is 1. The van der Waals surface area contributed by atoms with Crippen LogP contribution in [0.4, 0.5) is 0 Å². The molecule has 35 heavy (non-hydrogen) atoms. The van der Waals surface area contributed by atoms with Crippen LogP contribution in [-0.2, 0) is 6.42 Å². The van der Waals surface area contributed by atoms with Crippen molar-refractivity contribution in [2.24, 2.45) is 5.92 Å². The highest BCUT2D eigenvalue weighted by molar-refractivity contribution is 5.97. The summed E-state index contributed by atoms with van der Waals surface area (Å²) in [6.45, 7) is 5.77. The monoisotopic (exact) mass is 472 g/mol. The maximum atomic E-state index is 13.2. The Labute approximate surface area is 206 Å². The molecule has 1 amide bonds. The Morgan fingerprint density at radius 3 is 2.80 bits per heavy atom. The molecule has 6 nitrogen and oxygen atoms in total. The number of fused-ring (bicyclic) bond motifs is 3. The number of rotatable bonds is 7. The van der Waals surface area contributed by atoms with Crippen LogP contribution in [0.5, 0.6) is 17.2 Å². The molecule has 0 N–H and O–H groups in total. The molecule has 3 heterocycles. The number of hydrogen-bond donors (Lipinski definition) is 0. The Bertz CT molecular complexity index is 1220. The van der Waals surface area contributed by atoms with Crippen molar-refractivity contribution >= 4 is 16.7 Å². The SMILES string of the molecule is O=C1c2cc3c(cc2CCN1CC1CCCN(CCCOc2cccc4ccccc24)C1)OCO3. The first kappa shape index (κ1) is 22.2. The number of amides is 1. The Balaban J connectivity index is 1.00. The van der Waals surface area contributed by atoms with E-state index in [1.165, 1.54) is 23.6 Å². The summed E-state index contributed by atoms with van der Waals surface area (Å²) in [5.41, 5.74) is 1.85. The fraction of sp³-hybridized carbons (Fsp3) is 0.414. The number of carbonyl (C=O) groups excluding carboxylic acids is 1.